The van der Waals surface area contributed by atoms with Crippen molar-refractivity contribution < 1.29 is 0 Å². The summed E-state index contributed by atoms with van der Waals surface area (Å²) in [5.41, 5.74) is 1.10. The molecule has 0 aliphatic carbocycles. The summed E-state index contributed by atoms with van der Waals surface area (Å²) in [5, 5.41) is 13.7. The molecule has 0 radical (unpaired) electrons. The Labute approximate surface area is 95.8 Å². The van der Waals surface area contributed by atoms with E-state index in [-0.39, 0.29) is 6.04 Å². The Kier molecular flexibility index (Phi) is 4.55. The van der Waals surface area contributed by atoms with Crippen LogP contribution in [0, 0.1) is 5.92 Å². The molecule has 0 bridgehead atoms. The molecule has 1 rings (SSSR count). The summed E-state index contributed by atoms with van der Waals surface area (Å²) >= 11 is 5.17. The zero-order valence-corrected chi connectivity index (χ0v) is 10.2. The average molecular weight is 226 g/mol. The van der Waals surface area contributed by atoms with E-state index in [9.17, 15) is 0 Å². The van der Waals surface area contributed by atoms with E-state index in [1.807, 2.05) is 13.1 Å². The van der Waals surface area contributed by atoms with Gasteiger partial charge in [-0.3, -0.25) is 5.10 Å². The molecule has 4 nitrogen and oxygen atoms in total. The second-order valence-corrected chi connectivity index (χ2v) is 4.41. The van der Waals surface area contributed by atoms with E-state index in [0.29, 0.717) is 11.0 Å². The van der Waals surface area contributed by atoms with Crippen LogP contribution in [0.3, 0.4) is 0 Å². The number of hydrogen-bond donors (Lipinski definition) is 3. The van der Waals surface area contributed by atoms with Crippen molar-refractivity contribution in [2.45, 2.75) is 26.8 Å². The lowest BCUT2D eigenvalue weighted by molar-refractivity contribution is 0.609. The van der Waals surface area contributed by atoms with E-state index in [1.54, 1.807) is 6.20 Å². The van der Waals surface area contributed by atoms with Gasteiger partial charge in [-0.05, 0) is 25.1 Å². The van der Waals surface area contributed by atoms with E-state index >= 15 is 0 Å². The first-order valence-corrected chi connectivity index (χ1v) is 5.53. The van der Waals surface area contributed by atoms with Gasteiger partial charge in [-0.25, -0.2) is 0 Å². The number of H-pyrrole nitrogens is 1. The average Bonchev–Trinajstić information content (AvgIpc) is 2.67. The first kappa shape index (κ1) is 12.0. The zero-order chi connectivity index (χ0) is 11.3. The Morgan fingerprint density at radius 3 is 2.80 bits per heavy atom. The fourth-order valence-electron chi connectivity index (χ4n) is 1.13. The van der Waals surface area contributed by atoms with Gasteiger partial charge in [-0.1, -0.05) is 13.8 Å². The van der Waals surface area contributed by atoms with Crippen LogP contribution >= 0.6 is 12.2 Å². The minimum Gasteiger partial charge on any atom is -0.362 e. The standard InChI is InChI=1S/C10H18N4S/c1-7(2)4-11-10(15)14-8(3)9-5-12-13-6-9/h5-8H,4H2,1-3H3,(H,12,13)(H2,11,14,15). The molecule has 5 heteroatoms. The van der Waals surface area contributed by atoms with Crippen molar-refractivity contribution in [3.63, 3.8) is 0 Å². The molecule has 1 aromatic heterocycles. The van der Waals surface area contributed by atoms with Gasteiger partial charge in [0.25, 0.3) is 0 Å². The van der Waals surface area contributed by atoms with Crippen LogP contribution in [0.2, 0.25) is 0 Å². The second-order valence-electron chi connectivity index (χ2n) is 4.00. The molecule has 0 spiro atoms. The smallest absolute Gasteiger partial charge is 0.166 e. The number of nitrogens with zero attached hydrogens (tertiary/aromatic N) is 1. The largest absolute Gasteiger partial charge is 0.362 e. The third kappa shape index (κ3) is 4.29. The SMILES string of the molecule is CC(C)CNC(=S)NC(C)c1cn[nH]c1. The van der Waals surface area contributed by atoms with Gasteiger partial charge in [-0.2, -0.15) is 5.10 Å². The second kappa shape index (κ2) is 5.70. The van der Waals surface area contributed by atoms with Crippen molar-refractivity contribution in [3.8, 4) is 0 Å². The van der Waals surface area contributed by atoms with E-state index in [4.69, 9.17) is 12.2 Å². The third-order valence-corrected chi connectivity index (χ3v) is 2.30. The monoisotopic (exact) mass is 226 g/mol. The molecule has 84 valence electrons. The highest BCUT2D eigenvalue weighted by molar-refractivity contribution is 7.80. The van der Waals surface area contributed by atoms with Crippen LogP contribution in [-0.2, 0) is 0 Å². The lowest BCUT2D eigenvalue weighted by atomic mass is 10.2. The quantitative estimate of drug-likeness (QED) is 0.683. The normalized spacial score (nSPS) is 12.5. The van der Waals surface area contributed by atoms with Crippen molar-refractivity contribution in [3.05, 3.63) is 18.0 Å². The predicted molar refractivity (Wildman–Crippen MR) is 65.6 cm³/mol. The van der Waals surface area contributed by atoms with Gasteiger partial charge in [0.2, 0.25) is 0 Å². The van der Waals surface area contributed by atoms with Gasteiger partial charge in [0, 0.05) is 18.3 Å². The van der Waals surface area contributed by atoms with Crippen LogP contribution in [0.15, 0.2) is 12.4 Å². The number of hydrogen-bond acceptors (Lipinski definition) is 2. The first-order valence-electron chi connectivity index (χ1n) is 5.12. The van der Waals surface area contributed by atoms with Crippen molar-refractivity contribution in [2.24, 2.45) is 5.92 Å². The van der Waals surface area contributed by atoms with E-state index in [0.717, 1.165) is 12.1 Å². The molecule has 0 fully saturated rings. The summed E-state index contributed by atoms with van der Waals surface area (Å²) < 4.78 is 0. The Balaban J connectivity index is 2.32. The highest BCUT2D eigenvalue weighted by Crippen LogP contribution is 2.08. The van der Waals surface area contributed by atoms with Gasteiger partial charge < -0.3 is 10.6 Å². The minimum absolute atomic E-state index is 0.177. The van der Waals surface area contributed by atoms with Gasteiger partial charge in [0.05, 0.1) is 12.2 Å². The van der Waals surface area contributed by atoms with Crippen molar-refractivity contribution in [1.29, 1.82) is 0 Å². The summed E-state index contributed by atoms with van der Waals surface area (Å²) in [6.07, 6.45) is 3.66. The van der Waals surface area contributed by atoms with Crippen molar-refractivity contribution in [1.82, 2.24) is 20.8 Å². The molecule has 0 saturated heterocycles. The maximum Gasteiger partial charge on any atom is 0.166 e. The Bertz CT molecular complexity index is 294. The number of rotatable bonds is 4. The molecule has 0 amide bonds. The lowest BCUT2D eigenvalue weighted by Gasteiger charge is -2.16. The van der Waals surface area contributed by atoms with Gasteiger partial charge in [0.15, 0.2) is 5.11 Å². The van der Waals surface area contributed by atoms with Crippen LogP contribution in [0.25, 0.3) is 0 Å². The molecular formula is C10H18N4S. The van der Waals surface area contributed by atoms with Gasteiger partial charge in [-0.15, -0.1) is 0 Å². The summed E-state index contributed by atoms with van der Waals surface area (Å²) in [6.45, 7) is 7.24. The maximum atomic E-state index is 5.17. The highest BCUT2D eigenvalue weighted by Gasteiger charge is 2.07. The van der Waals surface area contributed by atoms with E-state index < -0.39 is 0 Å². The molecule has 0 aliphatic rings. The van der Waals surface area contributed by atoms with Crippen LogP contribution in [0.5, 0.6) is 0 Å². The predicted octanol–water partition coefficient (Wildman–Crippen LogP) is 1.59. The van der Waals surface area contributed by atoms with Crippen LogP contribution in [0.4, 0.5) is 0 Å². The van der Waals surface area contributed by atoms with Crippen LogP contribution < -0.4 is 10.6 Å². The first-order chi connectivity index (χ1) is 7.09. The zero-order valence-electron chi connectivity index (χ0n) is 9.37. The molecule has 1 unspecified atom stereocenters. The fraction of sp³-hybridized carbons (Fsp3) is 0.600. The number of nitrogens with one attached hydrogen (secondary N) is 3. The summed E-state index contributed by atoms with van der Waals surface area (Å²) in [7, 11) is 0. The lowest BCUT2D eigenvalue weighted by Crippen LogP contribution is -2.38. The van der Waals surface area contributed by atoms with Crippen molar-refractivity contribution in [2.75, 3.05) is 6.54 Å². The van der Waals surface area contributed by atoms with Crippen LogP contribution in [-0.4, -0.2) is 21.9 Å². The van der Waals surface area contributed by atoms with Gasteiger partial charge in [0.1, 0.15) is 0 Å². The molecule has 1 atom stereocenters. The van der Waals surface area contributed by atoms with E-state index in [2.05, 4.69) is 34.7 Å². The molecular weight excluding hydrogens is 208 g/mol. The molecule has 1 heterocycles. The Hall–Kier alpha value is -1.10. The fourth-order valence-corrected chi connectivity index (χ4v) is 1.39. The number of thiocarbonyl (C=S) groups is 1. The number of aromatic amines is 1. The summed E-state index contributed by atoms with van der Waals surface area (Å²) in [4.78, 5) is 0. The number of aromatic nitrogens is 2. The molecule has 1 aromatic rings. The highest BCUT2D eigenvalue weighted by atomic mass is 32.1. The Morgan fingerprint density at radius 2 is 2.27 bits per heavy atom. The summed E-state index contributed by atoms with van der Waals surface area (Å²) in [6, 6.07) is 0.177. The van der Waals surface area contributed by atoms with Crippen molar-refractivity contribution >= 4 is 17.3 Å². The third-order valence-electron chi connectivity index (χ3n) is 2.04. The topological polar surface area (TPSA) is 52.7 Å². The Morgan fingerprint density at radius 1 is 1.53 bits per heavy atom. The molecule has 3 N–H and O–H groups in total. The molecule has 0 aromatic carbocycles. The minimum atomic E-state index is 0.177. The van der Waals surface area contributed by atoms with Gasteiger partial charge >= 0.3 is 0 Å². The van der Waals surface area contributed by atoms with E-state index in [1.165, 1.54) is 0 Å². The summed E-state index contributed by atoms with van der Waals surface area (Å²) in [5.74, 6) is 0.592. The maximum absolute atomic E-state index is 5.17. The molecule has 0 saturated carbocycles. The molecule has 15 heavy (non-hydrogen) atoms. The molecule has 0 aliphatic heterocycles. The van der Waals surface area contributed by atoms with Crippen LogP contribution in [0.1, 0.15) is 32.4 Å².